The van der Waals surface area contributed by atoms with E-state index in [9.17, 15) is 14.4 Å². The van der Waals surface area contributed by atoms with Gasteiger partial charge >= 0.3 is 5.97 Å². The van der Waals surface area contributed by atoms with Crippen LogP contribution in [0.4, 0.5) is 0 Å². The maximum absolute atomic E-state index is 12.3. The molecule has 0 radical (unpaired) electrons. The molecule has 2 atom stereocenters. The quantitative estimate of drug-likeness (QED) is 0.305. The zero-order valence-corrected chi connectivity index (χ0v) is 15.7. The monoisotopic (exact) mass is 351 g/mol. The summed E-state index contributed by atoms with van der Waals surface area (Å²) in [7, 11) is 0. The summed E-state index contributed by atoms with van der Waals surface area (Å²) >= 11 is 0. The van der Waals surface area contributed by atoms with Crippen LogP contribution in [0.5, 0.6) is 0 Å². The molecule has 0 saturated carbocycles. The first-order valence-electron chi connectivity index (χ1n) is 9.70. The van der Waals surface area contributed by atoms with Gasteiger partial charge in [0.25, 0.3) is 0 Å². The number of nitrogens with zero attached hydrogens (tertiary/aromatic N) is 1. The molecule has 5 nitrogen and oxygen atoms in total. The number of aliphatic carboxylic acids is 1. The fourth-order valence-corrected chi connectivity index (χ4v) is 3.30. The summed E-state index contributed by atoms with van der Waals surface area (Å²) in [4.78, 5) is 36.2. The van der Waals surface area contributed by atoms with E-state index in [0.29, 0.717) is 6.42 Å². The van der Waals surface area contributed by atoms with Crippen molar-refractivity contribution in [2.45, 2.75) is 90.5 Å². The number of hydrogen-bond donors (Lipinski definition) is 1. The third-order valence-electron chi connectivity index (χ3n) is 4.75. The van der Waals surface area contributed by atoms with Crippen molar-refractivity contribution < 1.29 is 19.5 Å². The van der Waals surface area contributed by atoms with Gasteiger partial charge in [0, 0.05) is 12.5 Å². The fourth-order valence-electron chi connectivity index (χ4n) is 3.30. The van der Waals surface area contributed by atoms with E-state index in [2.05, 4.69) is 13.0 Å². The Bertz CT molecular complexity index is 472. The van der Waals surface area contributed by atoms with Gasteiger partial charge in [-0.3, -0.25) is 19.3 Å². The molecule has 0 aliphatic carbocycles. The third kappa shape index (κ3) is 7.84. The molecule has 1 saturated heterocycles. The van der Waals surface area contributed by atoms with Crippen molar-refractivity contribution in [2.75, 3.05) is 0 Å². The van der Waals surface area contributed by atoms with E-state index in [0.717, 1.165) is 11.3 Å². The molecule has 0 aromatic carbocycles. The molecule has 1 aliphatic heterocycles. The molecule has 0 bridgehead atoms. The maximum atomic E-state index is 12.3. The number of likely N-dealkylation sites (tertiary alicyclic amines) is 1. The molecule has 2 unspecified atom stereocenters. The highest BCUT2D eigenvalue weighted by Gasteiger charge is 2.40. The van der Waals surface area contributed by atoms with Crippen LogP contribution >= 0.6 is 0 Å². The third-order valence-corrected chi connectivity index (χ3v) is 4.75. The average Bonchev–Trinajstić information content (AvgIpc) is 2.82. The summed E-state index contributed by atoms with van der Waals surface area (Å²) in [6.07, 6.45) is 14.7. The first-order valence-corrected chi connectivity index (χ1v) is 9.70. The van der Waals surface area contributed by atoms with Gasteiger partial charge in [-0.2, -0.15) is 0 Å². The molecule has 1 heterocycles. The van der Waals surface area contributed by atoms with Crippen molar-refractivity contribution in [3.8, 4) is 0 Å². The van der Waals surface area contributed by atoms with Crippen LogP contribution in [0.25, 0.3) is 0 Å². The summed E-state index contributed by atoms with van der Waals surface area (Å²) in [5.74, 6) is -1.79. The summed E-state index contributed by atoms with van der Waals surface area (Å²) in [5, 5.41) is 8.83. The van der Waals surface area contributed by atoms with Crippen LogP contribution in [0.1, 0.15) is 84.5 Å². The first kappa shape index (κ1) is 21.4. The van der Waals surface area contributed by atoms with Crippen molar-refractivity contribution in [1.82, 2.24) is 4.90 Å². The number of carboxylic acids is 1. The second-order valence-electron chi connectivity index (χ2n) is 7.07. The Morgan fingerprint density at radius 1 is 1.16 bits per heavy atom. The Hall–Kier alpha value is -1.65. The van der Waals surface area contributed by atoms with Crippen molar-refractivity contribution in [3.63, 3.8) is 0 Å². The molecular weight excluding hydrogens is 318 g/mol. The second-order valence-corrected chi connectivity index (χ2v) is 7.07. The topological polar surface area (TPSA) is 74.7 Å². The van der Waals surface area contributed by atoms with E-state index in [-0.39, 0.29) is 30.6 Å². The van der Waals surface area contributed by atoms with Crippen molar-refractivity contribution >= 4 is 17.8 Å². The molecule has 1 aliphatic rings. The highest BCUT2D eigenvalue weighted by molar-refractivity contribution is 6.04. The molecule has 0 spiro atoms. The molecule has 25 heavy (non-hydrogen) atoms. The number of carbonyl (C=O) groups is 3. The molecule has 142 valence electrons. The SMILES string of the molecule is CCCCCCCCC/C=C/CC1CC(=O)N(C(C)CC(=O)O)C1=O. The number of unbranched alkanes of at least 4 members (excludes halogenated alkanes) is 7. The van der Waals surface area contributed by atoms with Crippen molar-refractivity contribution in [1.29, 1.82) is 0 Å². The van der Waals surface area contributed by atoms with E-state index in [1.165, 1.54) is 44.9 Å². The van der Waals surface area contributed by atoms with E-state index >= 15 is 0 Å². The number of amides is 2. The van der Waals surface area contributed by atoms with Gasteiger partial charge < -0.3 is 5.11 Å². The standard InChI is InChI=1S/C20H33NO4/c1-3-4-5-6-7-8-9-10-11-12-13-17-15-18(22)21(20(17)25)16(2)14-19(23)24/h11-12,16-17H,3-10,13-15H2,1-2H3,(H,23,24)/b12-11+. The molecule has 0 aromatic heterocycles. The highest BCUT2D eigenvalue weighted by atomic mass is 16.4. The summed E-state index contributed by atoms with van der Waals surface area (Å²) in [6, 6.07) is -0.570. The van der Waals surface area contributed by atoms with Crippen LogP contribution in [-0.2, 0) is 14.4 Å². The summed E-state index contributed by atoms with van der Waals surface area (Å²) < 4.78 is 0. The zero-order valence-electron chi connectivity index (χ0n) is 15.7. The lowest BCUT2D eigenvalue weighted by Crippen LogP contribution is -2.39. The molecule has 1 rings (SSSR count). The molecule has 5 heteroatoms. The van der Waals surface area contributed by atoms with Crippen molar-refractivity contribution in [2.24, 2.45) is 5.92 Å². The van der Waals surface area contributed by atoms with Gasteiger partial charge in [-0.25, -0.2) is 0 Å². The van der Waals surface area contributed by atoms with Gasteiger partial charge in [0.2, 0.25) is 11.8 Å². The van der Waals surface area contributed by atoms with Gasteiger partial charge in [0.1, 0.15) is 0 Å². The molecule has 2 amide bonds. The lowest BCUT2D eigenvalue weighted by molar-refractivity contribution is -0.144. The Morgan fingerprint density at radius 3 is 2.44 bits per heavy atom. The van der Waals surface area contributed by atoms with E-state index in [1.54, 1.807) is 6.92 Å². The summed E-state index contributed by atoms with van der Waals surface area (Å²) in [6.45, 7) is 3.84. The Kier molecular flexibility index (Phi) is 10.1. The van der Waals surface area contributed by atoms with E-state index in [4.69, 9.17) is 5.11 Å². The molecule has 1 N–H and O–H groups in total. The Balaban J connectivity index is 2.23. The predicted molar refractivity (Wildman–Crippen MR) is 98.0 cm³/mol. The van der Waals surface area contributed by atoms with Crippen LogP contribution in [0.15, 0.2) is 12.2 Å². The number of carboxylic acid groups (broad SMARTS) is 1. The number of hydrogen-bond acceptors (Lipinski definition) is 3. The predicted octanol–water partition coefficient (Wildman–Crippen LogP) is 4.31. The van der Waals surface area contributed by atoms with Gasteiger partial charge in [0.15, 0.2) is 0 Å². The number of carbonyl (C=O) groups excluding carboxylic acids is 2. The fraction of sp³-hybridized carbons (Fsp3) is 0.750. The van der Waals surface area contributed by atoms with E-state index < -0.39 is 12.0 Å². The molecule has 0 aromatic rings. The van der Waals surface area contributed by atoms with Crippen LogP contribution in [-0.4, -0.2) is 33.8 Å². The van der Waals surface area contributed by atoms with Crippen LogP contribution in [0, 0.1) is 5.92 Å². The van der Waals surface area contributed by atoms with Crippen LogP contribution in [0.2, 0.25) is 0 Å². The Morgan fingerprint density at radius 2 is 1.80 bits per heavy atom. The molecular formula is C20H33NO4. The lowest BCUT2D eigenvalue weighted by atomic mass is 10.0. The van der Waals surface area contributed by atoms with E-state index in [1.807, 2.05) is 6.08 Å². The van der Waals surface area contributed by atoms with Crippen LogP contribution in [0.3, 0.4) is 0 Å². The molecule has 1 fully saturated rings. The van der Waals surface area contributed by atoms with Crippen molar-refractivity contribution in [3.05, 3.63) is 12.2 Å². The smallest absolute Gasteiger partial charge is 0.305 e. The largest absolute Gasteiger partial charge is 0.481 e. The minimum atomic E-state index is -0.994. The van der Waals surface area contributed by atoms with Gasteiger partial charge in [-0.05, 0) is 26.2 Å². The number of rotatable bonds is 13. The number of allylic oxidation sites excluding steroid dienone is 2. The first-order chi connectivity index (χ1) is 12.0. The second kappa shape index (κ2) is 11.8. The normalized spacial score (nSPS) is 19.1. The van der Waals surface area contributed by atoms with Gasteiger partial charge in [0.05, 0.1) is 12.3 Å². The Labute approximate surface area is 151 Å². The van der Waals surface area contributed by atoms with Gasteiger partial charge in [-0.1, -0.05) is 57.6 Å². The lowest BCUT2D eigenvalue weighted by Gasteiger charge is -2.21. The van der Waals surface area contributed by atoms with Gasteiger partial charge in [-0.15, -0.1) is 0 Å². The maximum Gasteiger partial charge on any atom is 0.305 e. The average molecular weight is 351 g/mol. The number of imide groups is 1. The minimum Gasteiger partial charge on any atom is -0.481 e. The zero-order chi connectivity index (χ0) is 18.7. The van der Waals surface area contributed by atoms with Crippen LogP contribution < -0.4 is 0 Å². The minimum absolute atomic E-state index is 0.196. The highest BCUT2D eigenvalue weighted by Crippen LogP contribution is 2.26. The summed E-state index contributed by atoms with van der Waals surface area (Å²) in [5.41, 5.74) is 0.